The van der Waals surface area contributed by atoms with Crippen molar-refractivity contribution in [2.24, 2.45) is 0 Å². The fourth-order valence-electron chi connectivity index (χ4n) is 1.97. The SMILES string of the molecule is CCN1CC(=O)Nc2ccc(C(=O)NO)cc2C1. The molecule has 0 fully saturated rings. The highest BCUT2D eigenvalue weighted by Gasteiger charge is 2.19. The van der Waals surface area contributed by atoms with E-state index < -0.39 is 5.91 Å². The predicted octanol–water partition coefficient (Wildman–Crippen LogP) is 0.580. The molecule has 1 aliphatic rings. The number of rotatable bonds is 2. The maximum atomic E-state index is 11.6. The molecular formula is C12H15N3O3. The number of nitrogens with zero attached hydrogens (tertiary/aromatic N) is 1. The van der Waals surface area contributed by atoms with E-state index in [1.807, 2.05) is 11.8 Å². The summed E-state index contributed by atoms with van der Waals surface area (Å²) in [5, 5.41) is 11.4. The van der Waals surface area contributed by atoms with Crippen molar-refractivity contribution in [3.05, 3.63) is 29.3 Å². The molecule has 0 atom stereocenters. The van der Waals surface area contributed by atoms with Gasteiger partial charge in [0, 0.05) is 17.8 Å². The number of hydrogen-bond acceptors (Lipinski definition) is 4. The third-order valence-corrected chi connectivity index (χ3v) is 2.95. The number of likely N-dealkylation sites (N-methyl/N-ethyl adjacent to an activating group) is 1. The van der Waals surface area contributed by atoms with Crippen molar-refractivity contribution >= 4 is 17.5 Å². The van der Waals surface area contributed by atoms with Crippen LogP contribution < -0.4 is 10.8 Å². The van der Waals surface area contributed by atoms with E-state index in [0.29, 0.717) is 24.3 Å². The van der Waals surface area contributed by atoms with Crippen LogP contribution in [0.25, 0.3) is 0 Å². The first-order valence-electron chi connectivity index (χ1n) is 5.73. The van der Waals surface area contributed by atoms with Crippen molar-refractivity contribution in [1.82, 2.24) is 10.4 Å². The molecule has 1 aromatic carbocycles. The molecule has 1 aromatic rings. The zero-order valence-electron chi connectivity index (χ0n) is 10.1. The molecule has 1 aliphatic heterocycles. The van der Waals surface area contributed by atoms with Crippen LogP contribution in [0.2, 0.25) is 0 Å². The van der Waals surface area contributed by atoms with Gasteiger partial charge in [-0.25, -0.2) is 5.48 Å². The topological polar surface area (TPSA) is 81.7 Å². The molecule has 0 aromatic heterocycles. The number of hydrogen-bond donors (Lipinski definition) is 3. The van der Waals surface area contributed by atoms with Gasteiger partial charge in [0.05, 0.1) is 6.54 Å². The van der Waals surface area contributed by atoms with Gasteiger partial charge in [-0.2, -0.15) is 0 Å². The van der Waals surface area contributed by atoms with Crippen LogP contribution in [0, 0.1) is 0 Å². The van der Waals surface area contributed by atoms with Crippen LogP contribution in [0.3, 0.4) is 0 Å². The van der Waals surface area contributed by atoms with E-state index in [4.69, 9.17) is 5.21 Å². The molecule has 0 bridgehead atoms. The number of carbonyl (C=O) groups is 2. The summed E-state index contributed by atoms with van der Waals surface area (Å²) in [6, 6.07) is 4.92. The molecule has 0 radical (unpaired) electrons. The number of amides is 2. The molecule has 6 nitrogen and oxygen atoms in total. The molecule has 18 heavy (non-hydrogen) atoms. The molecule has 0 spiro atoms. The van der Waals surface area contributed by atoms with E-state index in [1.165, 1.54) is 0 Å². The minimum absolute atomic E-state index is 0.0602. The third kappa shape index (κ3) is 2.49. The van der Waals surface area contributed by atoms with Gasteiger partial charge in [0.2, 0.25) is 5.91 Å². The highest BCUT2D eigenvalue weighted by molar-refractivity contribution is 5.97. The molecule has 6 heteroatoms. The van der Waals surface area contributed by atoms with Gasteiger partial charge in [-0.3, -0.25) is 19.7 Å². The molecule has 96 valence electrons. The zero-order valence-corrected chi connectivity index (χ0v) is 10.1. The van der Waals surface area contributed by atoms with Crippen molar-refractivity contribution in [1.29, 1.82) is 0 Å². The smallest absolute Gasteiger partial charge is 0.274 e. The summed E-state index contributed by atoms with van der Waals surface area (Å²) in [4.78, 5) is 24.9. The number of hydroxylamine groups is 1. The maximum Gasteiger partial charge on any atom is 0.274 e. The van der Waals surface area contributed by atoms with Gasteiger partial charge in [0.1, 0.15) is 0 Å². The standard InChI is InChI=1S/C12H15N3O3/c1-2-15-6-9-5-8(12(17)14-18)3-4-10(9)13-11(16)7-15/h3-5,18H,2,6-7H2,1H3,(H,13,16)(H,14,17). The summed E-state index contributed by atoms with van der Waals surface area (Å²) in [5.74, 6) is -0.619. The van der Waals surface area contributed by atoms with E-state index in [1.54, 1.807) is 23.7 Å². The molecule has 2 rings (SSSR count). The van der Waals surface area contributed by atoms with Crippen molar-refractivity contribution in [2.45, 2.75) is 13.5 Å². The monoisotopic (exact) mass is 249 g/mol. The van der Waals surface area contributed by atoms with Crippen LogP contribution in [-0.2, 0) is 11.3 Å². The van der Waals surface area contributed by atoms with Gasteiger partial charge >= 0.3 is 0 Å². The Hall–Kier alpha value is -1.92. The number of anilines is 1. The number of benzene rings is 1. The molecule has 0 saturated heterocycles. The molecule has 0 aliphatic carbocycles. The summed E-state index contributed by atoms with van der Waals surface area (Å²) in [6.45, 7) is 3.66. The number of fused-ring (bicyclic) bond motifs is 1. The minimum atomic E-state index is -0.559. The van der Waals surface area contributed by atoms with Crippen molar-refractivity contribution in [3.8, 4) is 0 Å². The molecule has 2 amide bonds. The summed E-state index contributed by atoms with van der Waals surface area (Å²) in [5.41, 5.74) is 3.54. The maximum absolute atomic E-state index is 11.6. The second-order valence-corrected chi connectivity index (χ2v) is 4.16. The quantitative estimate of drug-likeness (QED) is 0.529. The third-order valence-electron chi connectivity index (χ3n) is 2.95. The van der Waals surface area contributed by atoms with Crippen LogP contribution in [0.1, 0.15) is 22.8 Å². The average molecular weight is 249 g/mol. The van der Waals surface area contributed by atoms with Crippen LogP contribution >= 0.6 is 0 Å². The van der Waals surface area contributed by atoms with Crippen LogP contribution in [-0.4, -0.2) is 35.0 Å². The first kappa shape index (κ1) is 12.5. The Morgan fingerprint density at radius 3 is 2.94 bits per heavy atom. The lowest BCUT2D eigenvalue weighted by atomic mass is 10.1. The van der Waals surface area contributed by atoms with Gasteiger partial charge in [-0.1, -0.05) is 6.92 Å². The van der Waals surface area contributed by atoms with Crippen LogP contribution in [0.4, 0.5) is 5.69 Å². The van der Waals surface area contributed by atoms with Gasteiger partial charge in [0.15, 0.2) is 0 Å². The Morgan fingerprint density at radius 1 is 1.50 bits per heavy atom. The number of nitrogens with one attached hydrogen (secondary N) is 2. The summed E-state index contributed by atoms with van der Waals surface area (Å²) >= 11 is 0. The minimum Gasteiger partial charge on any atom is -0.325 e. The zero-order chi connectivity index (χ0) is 13.1. The largest absolute Gasteiger partial charge is 0.325 e. The lowest BCUT2D eigenvalue weighted by Crippen LogP contribution is -2.29. The highest BCUT2D eigenvalue weighted by Crippen LogP contribution is 2.22. The lowest BCUT2D eigenvalue weighted by Gasteiger charge is -2.16. The Labute approximate surface area is 105 Å². The molecule has 1 heterocycles. The molecular weight excluding hydrogens is 234 g/mol. The van der Waals surface area contributed by atoms with Crippen molar-refractivity contribution < 1.29 is 14.8 Å². The van der Waals surface area contributed by atoms with Gasteiger partial charge in [-0.05, 0) is 30.3 Å². The van der Waals surface area contributed by atoms with E-state index in [-0.39, 0.29) is 5.91 Å². The summed E-state index contributed by atoms with van der Waals surface area (Å²) in [6.07, 6.45) is 0. The van der Waals surface area contributed by atoms with E-state index in [9.17, 15) is 9.59 Å². The number of carbonyl (C=O) groups excluding carboxylic acids is 2. The Balaban J connectivity index is 2.36. The van der Waals surface area contributed by atoms with Crippen LogP contribution in [0.15, 0.2) is 18.2 Å². The Morgan fingerprint density at radius 2 is 2.28 bits per heavy atom. The lowest BCUT2D eigenvalue weighted by molar-refractivity contribution is -0.117. The normalized spacial score (nSPS) is 15.6. The van der Waals surface area contributed by atoms with Gasteiger partial charge < -0.3 is 5.32 Å². The van der Waals surface area contributed by atoms with E-state index in [2.05, 4.69) is 5.32 Å². The molecule has 3 N–H and O–H groups in total. The summed E-state index contributed by atoms with van der Waals surface area (Å²) in [7, 11) is 0. The van der Waals surface area contributed by atoms with Crippen molar-refractivity contribution in [2.75, 3.05) is 18.4 Å². The average Bonchev–Trinajstić information content (AvgIpc) is 2.54. The predicted molar refractivity (Wildman–Crippen MR) is 65.3 cm³/mol. The molecule has 0 unspecified atom stereocenters. The fraction of sp³-hybridized carbons (Fsp3) is 0.333. The van der Waals surface area contributed by atoms with Gasteiger partial charge in [-0.15, -0.1) is 0 Å². The molecule has 0 saturated carbocycles. The second kappa shape index (κ2) is 5.16. The Bertz CT molecular complexity index is 487. The first-order valence-corrected chi connectivity index (χ1v) is 5.73. The van der Waals surface area contributed by atoms with E-state index in [0.717, 1.165) is 12.1 Å². The van der Waals surface area contributed by atoms with Gasteiger partial charge in [0.25, 0.3) is 5.91 Å². The highest BCUT2D eigenvalue weighted by atomic mass is 16.5. The van der Waals surface area contributed by atoms with E-state index >= 15 is 0 Å². The Kier molecular flexibility index (Phi) is 3.59. The first-order chi connectivity index (χ1) is 8.63. The summed E-state index contributed by atoms with van der Waals surface area (Å²) < 4.78 is 0. The fourth-order valence-corrected chi connectivity index (χ4v) is 1.97. The second-order valence-electron chi connectivity index (χ2n) is 4.16. The van der Waals surface area contributed by atoms with Crippen LogP contribution in [0.5, 0.6) is 0 Å². The van der Waals surface area contributed by atoms with Crippen molar-refractivity contribution in [3.63, 3.8) is 0 Å².